The predicted octanol–water partition coefficient (Wildman–Crippen LogP) is 1.62. The summed E-state index contributed by atoms with van der Waals surface area (Å²) in [7, 11) is 3.91. The van der Waals surface area contributed by atoms with Crippen LogP contribution in [0.15, 0.2) is 24.3 Å². The molecule has 0 saturated carbocycles. The first-order valence-corrected chi connectivity index (χ1v) is 6.89. The molecule has 0 fully saturated rings. The minimum absolute atomic E-state index is 0.0578. The molecule has 0 heterocycles. The number of likely N-dealkylation sites (N-methyl/N-ethyl adjacent to an activating group) is 1. The summed E-state index contributed by atoms with van der Waals surface area (Å²) in [6.07, 6.45) is 0. The van der Waals surface area contributed by atoms with Crippen LogP contribution in [0.1, 0.15) is 18.5 Å². The van der Waals surface area contributed by atoms with Crippen LogP contribution >= 0.6 is 11.6 Å². The van der Waals surface area contributed by atoms with E-state index in [9.17, 15) is 4.79 Å². The van der Waals surface area contributed by atoms with E-state index in [1.807, 2.05) is 43.3 Å². The summed E-state index contributed by atoms with van der Waals surface area (Å²) in [5, 5.41) is 15.0. The minimum atomic E-state index is -0.285. The van der Waals surface area contributed by atoms with E-state index < -0.39 is 0 Å². The van der Waals surface area contributed by atoms with Crippen LogP contribution in [-0.4, -0.2) is 49.3 Å². The Kier molecular flexibility index (Phi) is 6.78. The number of aliphatic hydroxyl groups excluding tert-OH is 1. The number of carbonyl (C=O) groups excluding carboxylic acids is 1. The van der Waals surface area contributed by atoms with Crippen molar-refractivity contribution < 1.29 is 9.90 Å². The smallest absolute Gasteiger partial charge is 0.315 e. The maximum absolute atomic E-state index is 11.7. The summed E-state index contributed by atoms with van der Waals surface area (Å²) in [5.41, 5.74) is 1.08. The van der Waals surface area contributed by atoms with Gasteiger partial charge in [-0.15, -0.1) is 0 Å². The van der Waals surface area contributed by atoms with Crippen LogP contribution in [0.5, 0.6) is 0 Å². The summed E-state index contributed by atoms with van der Waals surface area (Å²) in [4.78, 5) is 13.7. The van der Waals surface area contributed by atoms with Gasteiger partial charge in [-0.1, -0.05) is 23.7 Å². The Hall–Kier alpha value is -1.30. The van der Waals surface area contributed by atoms with E-state index >= 15 is 0 Å². The Balaban J connectivity index is 2.60. The molecule has 1 aromatic rings. The van der Waals surface area contributed by atoms with E-state index in [0.29, 0.717) is 11.6 Å². The van der Waals surface area contributed by atoms with Gasteiger partial charge >= 0.3 is 6.03 Å². The number of nitrogens with one attached hydrogen (secondary N) is 2. The highest BCUT2D eigenvalue weighted by Crippen LogP contribution is 2.19. The first-order valence-electron chi connectivity index (χ1n) is 6.51. The summed E-state index contributed by atoms with van der Waals surface area (Å²) in [6, 6.07) is 7.08. The van der Waals surface area contributed by atoms with Gasteiger partial charge in [-0.25, -0.2) is 4.79 Å². The second-order valence-electron chi connectivity index (χ2n) is 4.97. The highest BCUT2D eigenvalue weighted by molar-refractivity contribution is 6.30. The molecule has 0 aromatic heterocycles. The lowest BCUT2D eigenvalue weighted by atomic mass is 10.1. The van der Waals surface area contributed by atoms with Gasteiger partial charge in [-0.05, 0) is 38.7 Å². The SMILES string of the molecule is C[C@@H](CO)NC(=O)NC[C@@H](c1ccc(Cl)cc1)N(C)C. The standard InChI is InChI=1S/C14H22ClN3O2/c1-10(9-19)17-14(20)16-8-13(18(2)3)11-4-6-12(15)7-5-11/h4-7,10,13,19H,8-9H2,1-3H3,(H2,16,17,20)/t10-,13-/m0/s1. The summed E-state index contributed by atoms with van der Waals surface area (Å²) in [5.74, 6) is 0. The summed E-state index contributed by atoms with van der Waals surface area (Å²) < 4.78 is 0. The van der Waals surface area contributed by atoms with Crippen LogP contribution in [-0.2, 0) is 0 Å². The van der Waals surface area contributed by atoms with Crippen LogP contribution in [0, 0.1) is 0 Å². The van der Waals surface area contributed by atoms with Crippen molar-refractivity contribution in [3.8, 4) is 0 Å². The molecule has 6 heteroatoms. The Bertz CT molecular complexity index is 423. The maximum Gasteiger partial charge on any atom is 0.315 e. The van der Waals surface area contributed by atoms with Gasteiger partial charge in [-0.3, -0.25) is 0 Å². The summed E-state index contributed by atoms with van der Waals surface area (Å²) in [6.45, 7) is 2.13. The van der Waals surface area contributed by atoms with Gasteiger partial charge in [-0.2, -0.15) is 0 Å². The maximum atomic E-state index is 11.7. The molecule has 20 heavy (non-hydrogen) atoms. The third-order valence-electron chi connectivity index (χ3n) is 2.99. The molecule has 2 atom stereocenters. The zero-order chi connectivity index (χ0) is 15.1. The van der Waals surface area contributed by atoms with Crippen molar-refractivity contribution in [2.75, 3.05) is 27.2 Å². The predicted molar refractivity (Wildman–Crippen MR) is 81.0 cm³/mol. The molecule has 0 saturated heterocycles. The first-order chi connectivity index (χ1) is 9.43. The van der Waals surface area contributed by atoms with E-state index in [1.54, 1.807) is 6.92 Å². The number of hydrogen-bond acceptors (Lipinski definition) is 3. The van der Waals surface area contributed by atoms with Crippen molar-refractivity contribution >= 4 is 17.6 Å². The fraction of sp³-hybridized carbons (Fsp3) is 0.500. The highest BCUT2D eigenvalue weighted by atomic mass is 35.5. The third-order valence-corrected chi connectivity index (χ3v) is 3.24. The number of nitrogens with zero attached hydrogens (tertiary/aromatic N) is 1. The molecule has 0 aliphatic carbocycles. The number of rotatable bonds is 6. The van der Waals surface area contributed by atoms with Gasteiger partial charge in [0, 0.05) is 11.6 Å². The molecule has 0 unspecified atom stereocenters. The summed E-state index contributed by atoms with van der Waals surface area (Å²) >= 11 is 5.88. The van der Waals surface area contributed by atoms with Crippen molar-refractivity contribution in [3.05, 3.63) is 34.9 Å². The van der Waals surface area contributed by atoms with Crippen molar-refractivity contribution in [1.82, 2.24) is 15.5 Å². The van der Waals surface area contributed by atoms with Crippen LogP contribution in [0.4, 0.5) is 4.79 Å². The Morgan fingerprint density at radius 3 is 2.45 bits per heavy atom. The van der Waals surface area contributed by atoms with E-state index in [-0.39, 0.29) is 24.7 Å². The van der Waals surface area contributed by atoms with E-state index in [4.69, 9.17) is 16.7 Å². The number of carbonyl (C=O) groups is 1. The molecule has 2 amide bonds. The van der Waals surface area contributed by atoms with Gasteiger partial charge in [0.05, 0.1) is 18.7 Å². The lowest BCUT2D eigenvalue weighted by molar-refractivity contribution is 0.215. The molecule has 3 N–H and O–H groups in total. The first kappa shape index (κ1) is 16.8. The quantitative estimate of drug-likeness (QED) is 0.748. The van der Waals surface area contributed by atoms with E-state index in [2.05, 4.69) is 10.6 Å². The van der Waals surface area contributed by atoms with Crippen molar-refractivity contribution in [2.45, 2.75) is 19.0 Å². The number of benzene rings is 1. The molecule has 0 radical (unpaired) electrons. The molecule has 5 nitrogen and oxygen atoms in total. The third kappa shape index (κ3) is 5.36. The Labute approximate surface area is 124 Å². The van der Waals surface area contributed by atoms with Gasteiger partial charge in [0.15, 0.2) is 0 Å². The zero-order valence-electron chi connectivity index (χ0n) is 12.1. The van der Waals surface area contributed by atoms with Gasteiger partial charge < -0.3 is 20.6 Å². The molecular weight excluding hydrogens is 278 g/mol. The van der Waals surface area contributed by atoms with Crippen molar-refractivity contribution in [1.29, 1.82) is 0 Å². The average Bonchev–Trinajstić information content (AvgIpc) is 2.40. The Morgan fingerprint density at radius 1 is 1.35 bits per heavy atom. The zero-order valence-corrected chi connectivity index (χ0v) is 12.8. The molecule has 0 aliphatic rings. The van der Waals surface area contributed by atoms with Gasteiger partial charge in [0.1, 0.15) is 0 Å². The second-order valence-corrected chi connectivity index (χ2v) is 5.41. The number of hydrogen-bond donors (Lipinski definition) is 3. The van der Waals surface area contributed by atoms with Crippen LogP contribution < -0.4 is 10.6 Å². The van der Waals surface area contributed by atoms with Gasteiger partial charge in [0.25, 0.3) is 0 Å². The number of halogens is 1. The molecule has 0 spiro atoms. The van der Waals surface area contributed by atoms with Gasteiger partial charge in [0.2, 0.25) is 0 Å². The van der Waals surface area contributed by atoms with Crippen molar-refractivity contribution in [2.24, 2.45) is 0 Å². The monoisotopic (exact) mass is 299 g/mol. The highest BCUT2D eigenvalue weighted by Gasteiger charge is 2.15. The molecule has 0 bridgehead atoms. The van der Waals surface area contributed by atoms with Crippen LogP contribution in [0.3, 0.4) is 0 Å². The van der Waals surface area contributed by atoms with E-state index in [1.165, 1.54) is 0 Å². The topological polar surface area (TPSA) is 64.6 Å². The lowest BCUT2D eigenvalue weighted by Crippen LogP contribution is -2.44. The molecule has 1 aromatic carbocycles. The van der Waals surface area contributed by atoms with E-state index in [0.717, 1.165) is 5.56 Å². The minimum Gasteiger partial charge on any atom is -0.394 e. The molecular formula is C14H22ClN3O2. The number of urea groups is 1. The number of aliphatic hydroxyl groups is 1. The van der Waals surface area contributed by atoms with Crippen LogP contribution in [0.2, 0.25) is 5.02 Å². The molecule has 112 valence electrons. The molecule has 0 aliphatic heterocycles. The second kappa shape index (κ2) is 8.09. The van der Waals surface area contributed by atoms with Crippen molar-refractivity contribution in [3.63, 3.8) is 0 Å². The Morgan fingerprint density at radius 2 is 1.95 bits per heavy atom. The lowest BCUT2D eigenvalue weighted by Gasteiger charge is -2.25. The number of amides is 2. The largest absolute Gasteiger partial charge is 0.394 e. The molecule has 1 rings (SSSR count). The normalized spacial score (nSPS) is 13.9. The van der Waals surface area contributed by atoms with Crippen LogP contribution in [0.25, 0.3) is 0 Å². The fourth-order valence-electron chi connectivity index (χ4n) is 1.79. The average molecular weight is 300 g/mol. The fourth-order valence-corrected chi connectivity index (χ4v) is 1.92.